The fraction of sp³-hybridized carbons (Fsp3) is 0.538. The summed E-state index contributed by atoms with van der Waals surface area (Å²) < 4.78 is 10.0. The minimum absolute atomic E-state index is 0.197. The zero-order chi connectivity index (χ0) is 12.7. The zero-order valence-corrected chi connectivity index (χ0v) is 10.6. The highest BCUT2D eigenvalue weighted by atomic mass is 16.5. The van der Waals surface area contributed by atoms with Gasteiger partial charge in [0.25, 0.3) is 0 Å². The first-order valence-electron chi connectivity index (χ1n) is 5.74. The maximum Gasteiger partial charge on any atom is 0.305 e. The Labute approximate surface area is 102 Å². The Morgan fingerprint density at radius 3 is 2.71 bits per heavy atom. The van der Waals surface area contributed by atoms with Crippen LogP contribution in [0, 0.1) is 0 Å². The molecule has 1 aromatic heterocycles. The molecule has 1 heterocycles. The lowest BCUT2D eigenvalue weighted by Crippen LogP contribution is -2.04. The number of carbonyl (C=O) groups excluding carboxylic acids is 1. The van der Waals surface area contributed by atoms with Crippen molar-refractivity contribution in [1.82, 2.24) is 4.98 Å². The second-order valence-corrected chi connectivity index (χ2v) is 4.09. The molecule has 94 valence electrons. The predicted molar refractivity (Wildman–Crippen MR) is 64.5 cm³/mol. The summed E-state index contributed by atoms with van der Waals surface area (Å²) in [5, 5.41) is 0. The van der Waals surface area contributed by atoms with Crippen LogP contribution in [0.25, 0.3) is 0 Å². The van der Waals surface area contributed by atoms with Crippen LogP contribution < -0.4 is 0 Å². The van der Waals surface area contributed by atoms with E-state index in [-0.39, 0.29) is 12.1 Å². The number of rotatable bonds is 6. The molecule has 0 fully saturated rings. The van der Waals surface area contributed by atoms with E-state index in [2.05, 4.69) is 9.72 Å². The Kier molecular flexibility index (Phi) is 5.63. The van der Waals surface area contributed by atoms with Crippen LogP contribution in [0.5, 0.6) is 0 Å². The predicted octanol–water partition coefficient (Wildman–Crippen LogP) is 2.11. The molecule has 0 N–H and O–H groups in total. The maximum atomic E-state index is 11.0. The van der Waals surface area contributed by atoms with E-state index in [1.165, 1.54) is 7.11 Å². The molecule has 0 aromatic carbocycles. The van der Waals surface area contributed by atoms with Crippen LogP contribution in [0.2, 0.25) is 0 Å². The van der Waals surface area contributed by atoms with Gasteiger partial charge in [-0.1, -0.05) is 6.07 Å². The number of nitrogens with zero attached hydrogens (tertiary/aromatic N) is 1. The Morgan fingerprint density at radius 1 is 1.41 bits per heavy atom. The van der Waals surface area contributed by atoms with Crippen molar-refractivity contribution in [2.75, 3.05) is 7.11 Å². The van der Waals surface area contributed by atoms with Gasteiger partial charge in [0.1, 0.15) is 0 Å². The summed E-state index contributed by atoms with van der Waals surface area (Å²) in [6.07, 6.45) is 3.03. The molecule has 0 aliphatic heterocycles. The lowest BCUT2D eigenvalue weighted by Gasteiger charge is -2.07. The van der Waals surface area contributed by atoms with Crippen molar-refractivity contribution >= 4 is 5.97 Å². The minimum Gasteiger partial charge on any atom is -0.469 e. The first-order valence-corrected chi connectivity index (χ1v) is 5.74. The quantitative estimate of drug-likeness (QED) is 0.711. The number of hydrogen-bond donors (Lipinski definition) is 0. The van der Waals surface area contributed by atoms with Crippen molar-refractivity contribution in [1.29, 1.82) is 0 Å². The summed E-state index contributed by atoms with van der Waals surface area (Å²) >= 11 is 0. The third-order valence-electron chi connectivity index (χ3n) is 2.30. The van der Waals surface area contributed by atoms with Gasteiger partial charge in [-0.2, -0.15) is 0 Å². The van der Waals surface area contributed by atoms with Gasteiger partial charge < -0.3 is 9.47 Å². The topological polar surface area (TPSA) is 48.4 Å². The van der Waals surface area contributed by atoms with Crippen molar-refractivity contribution in [2.45, 2.75) is 39.4 Å². The third-order valence-corrected chi connectivity index (χ3v) is 2.30. The number of ether oxygens (including phenoxy) is 2. The van der Waals surface area contributed by atoms with Crippen LogP contribution in [0.4, 0.5) is 0 Å². The van der Waals surface area contributed by atoms with Crippen molar-refractivity contribution in [2.24, 2.45) is 0 Å². The molecule has 0 aliphatic carbocycles. The lowest BCUT2D eigenvalue weighted by molar-refractivity contribution is -0.140. The molecular weight excluding hydrogens is 218 g/mol. The first kappa shape index (κ1) is 13.6. The molecule has 0 atom stereocenters. The summed E-state index contributed by atoms with van der Waals surface area (Å²) in [6.45, 7) is 4.50. The SMILES string of the molecule is COC(=O)CCc1ccc(COC(C)C)nc1. The molecule has 0 unspecified atom stereocenters. The van der Waals surface area contributed by atoms with Gasteiger partial charge in [-0.15, -0.1) is 0 Å². The molecule has 0 saturated heterocycles. The highest BCUT2D eigenvalue weighted by molar-refractivity contribution is 5.69. The molecular formula is C13H19NO3. The van der Waals surface area contributed by atoms with Crippen LogP contribution in [0.1, 0.15) is 31.5 Å². The van der Waals surface area contributed by atoms with Crippen LogP contribution in [0.15, 0.2) is 18.3 Å². The molecule has 1 aromatic rings. The number of hydrogen-bond acceptors (Lipinski definition) is 4. The third kappa shape index (κ3) is 5.45. The summed E-state index contributed by atoms with van der Waals surface area (Å²) in [6, 6.07) is 3.89. The van der Waals surface area contributed by atoms with Crippen molar-refractivity contribution in [3.63, 3.8) is 0 Å². The second-order valence-electron chi connectivity index (χ2n) is 4.09. The molecule has 0 radical (unpaired) electrons. The van der Waals surface area contributed by atoms with Crippen molar-refractivity contribution in [3.8, 4) is 0 Å². The summed E-state index contributed by atoms with van der Waals surface area (Å²) in [7, 11) is 1.40. The van der Waals surface area contributed by atoms with E-state index in [0.29, 0.717) is 19.4 Å². The first-order chi connectivity index (χ1) is 8.11. The van der Waals surface area contributed by atoms with Gasteiger partial charge in [0.05, 0.1) is 25.5 Å². The van der Waals surface area contributed by atoms with Gasteiger partial charge >= 0.3 is 5.97 Å². The lowest BCUT2D eigenvalue weighted by atomic mass is 10.1. The normalized spacial score (nSPS) is 10.6. The molecule has 17 heavy (non-hydrogen) atoms. The molecule has 0 saturated carbocycles. The largest absolute Gasteiger partial charge is 0.469 e. The van der Waals surface area contributed by atoms with Crippen LogP contribution in [-0.4, -0.2) is 24.2 Å². The molecule has 0 spiro atoms. The molecule has 0 amide bonds. The average molecular weight is 237 g/mol. The Bertz CT molecular complexity index is 346. The van der Waals surface area contributed by atoms with Crippen molar-refractivity contribution in [3.05, 3.63) is 29.6 Å². The summed E-state index contributed by atoms with van der Waals surface area (Å²) in [5.74, 6) is -0.197. The zero-order valence-electron chi connectivity index (χ0n) is 10.6. The van der Waals surface area contributed by atoms with Gasteiger partial charge in [-0.3, -0.25) is 9.78 Å². The highest BCUT2D eigenvalue weighted by Gasteiger charge is 2.02. The van der Waals surface area contributed by atoms with Gasteiger partial charge in [-0.05, 0) is 31.9 Å². The van der Waals surface area contributed by atoms with Gasteiger partial charge in [0.15, 0.2) is 0 Å². The Balaban J connectivity index is 2.42. The fourth-order valence-electron chi connectivity index (χ4n) is 1.29. The van der Waals surface area contributed by atoms with Crippen molar-refractivity contribution < 1.29 is 14.3 Å². The Morgan fingerprint density at radius 2 is 2.18 bits per heavy atom. The summed E-state index contributed by atoms with van der Waals surface area (Å²) in [5.41, 5.74) is 1.93. The van der Waals surface area contributed by atoms with Crippen LogP contribution in [-0.2, 0) is 27.3 Å². The monoisotopic (exact) mass is 237 g/mol. The van der Waals surface area contributed by atoms with Gasteiger partial charge in [0.2, 0.25) is 0 Å². The van der Waals surface area contributed by atoms with E-state index in [1.54, 1.807) is 6.20 Å². The molecule has 0 aliphatic rings. The smallest absolute Gasteiger partial charge is 0.305 e. The van der Waals surface area contributed by atoms with E-state index in [4.69, 9.17) is 4.74 Å². The van der Waals surface area contributed by atoms with Gasteiger partial charge in [0, 0.05) is 12.6 Å². The maximum absolute atomic E-state index is 11.0. The number of carbonyl (C=O) groups is 1. The fourth-order valence-corrected chi connectivity index (χ4v) is 1.29. The van der Waals surface area contributed by atoms with E-state index >= 15 is 0 Å². The Hall–Kier alpha value is -1.42. The van der Waals surface area contributed by atoms with Crippen LogP contribution in [0.3, 0.4) is 0 Å². The molecule has 4 nitrogen and oxygen atoms in total. The number of aryl methyl sites for hydroxylation is 1. The number of pyridine rings is 1. The van der Waals surface area contributed by atoms with Crippen LogP contribution >= 0.6 is 0 Å². The van der Waals surface area contributed by atoms with E-state index in [0.717, 1.165) is 11.3 Å². The molecule has 4 heteroatoms. The number of methoxy groups -OCH3 is 1. The van der Waals surface area contributed by atoms with E-state index < -0.39 is 0 Å². The molecule has 1 rings (SSSR count). The molecule has 0 bridgehead atoms. The van der Waals surface area contributed by atoms with E-state index in [1.807, 2.05) is 26.0 Å². The number of esters is 1. The second kappa shape index (κ2) is 7.01. The standard InChI is InChI=1S/C13H19NO3/c1-10(2)17-9-12-6-4-11(8-14-12)5-7-13(15)16-3/h4,6,8,10H,5,7,9H2,1-3H3. The van der Waals surface area contributed by atoms with Gasteiger partial charge in [-0.25, -0.2) is 0 Å². The highest BCUT2D eigenvalue weighted by Crippen LogP contribution is 2.06. The summed E-state index contributed by atoms with van der Waals surface area (Å²) in [4.78, 5) is 15.2. The van der Waals surface area contributed by atoms with E-state index in [9.17, 15) is 4.79 Å². The minimum atomic E-state index is -0.197. The average Bonchev–Trinajstić information content (AvgIpc) is 2.34. The number of aromatic nitrogens is 1.